The number of aromatic nitrogens is 3. The minimum atomic E-state index is 0.484. The molecule has 0 fully saturated rings. The molecule has 2 heterocycles. The van der Waals surface area contributed by atoms with E-state index in [-0.39, 0.29) is 0 Å². The number of rotatable bonds is 1. The molecule has 0 saturated carbocycles. The molecule has 80 valence electrons. The van der Waals surface area contributed by atoms with E-state index in [4.69, 9.17) is 5.73 Å². The van der Waals surface area contributed by atoms with Crippen LogP contribution in [0.2, 0.25) is 0 Å². The molecule has 0 amide bonds. The zero-order valence-corrected chi connectivity index (χ0v) is 9.06. The van der Waals surface area contributed by atoms with E-state index in [1.54, 1.807) is 6.20 Å². The maximum Gasteiger partial charge on any atom is 0.221 e. The average Bonchev–Trinajstić information content (AvgIpc) is 2.74. The third-order valence-corrected chi connectivity index (χ3v) is 1.67. The van der Waals surface area contributed by atoms with Gasteiger partial charge in [0.2, 0.25) is 12.2 Å². The topological polar surface area (TPSA) is 77.8 Å². The molecule has 0 bridgehead atoms. The van der Waals surface area contributed by atoms with Crippen LogP contribution in [0.5, 0.6) is 0 Å². The Morgan fingerprint density at radius 3 is 2.53 bits per heavy atom. The highest BCUT2D eigenvalue weighted by Gasteiger charge is 2.07. The maximum atomic E-state index is 5.55. The highest BCUT2D eigenvalue weighted by atomic mass is 16.5. The van der Waals surface area contributed by atoms with Gasteiger partial charge in [-0.2, -0.15) is 4.98 Å². The molecule has 0 atom stereocenters. The molecule has 0 aliphatic carbocycles. The quantitative estimate of drug-likeness (QED) is 0.772. The van der Waals surface area contributed by atoms with Gasteiger partial charge in [-0.15, -0.1) is 0 Å². The molecule has 0 spiro atoms. The van der Waals surface area contributed by atoms with E-state index >= 15 is 0 Å². The zero-order valence-electron chi connectivity index (χ0n) is 9.06. The molecule has 2 rings (SSSR count). The Morgan fingerprint density at radius 2 is 2.00 bits per heavy atom. The number of nitrogens with zero attached hydrogens (tertiary/aromatic N) is 3. The molecule has 0 unspecified atom stereocenters. The number of nitrogens with two attached hydrogens (primary N) is 1. The van der Waals surface area contributed by atoms with E-state index in [1.165, 1.54) is 6.39 Å². The molecule has 5 nitrogen and oxygen atoms in total. The van der Waals surface area contributed by atoms with Gasteiger partial charge >= 0.3 is 0 Å². The summed E-state index contributed by atoms with van der Waals surface area (Å²) in [6.07, 6.45) is 2.84. The summed E-state index contributed by atoms with van der Waals surface area (Å²) in [5.74, 6) is 0.484. The van der Waals surface area contributed by atoms with Gasteiger partial charge in [0.1, 0.15) is 5.69 Å². The van der Waals surface area contributed by atoms with Crippen LogP contribution in [0.15, 0.2) is 23.2 Å². The number of nitrogen functional groups attached to an aromatic ring is 1. The van der Waals surface area contributed by atoms with Crippen molar-refractivity contribution in [3.63, 3.8) is 0 Å². The van der Waals surface area contributed by atoms with Crippen LogP contribution in [0.4, 0.5) is 5.69 Å². The largest absolute Gasteiger partial charge is 0.397 e. The summed E-state index contributed by atoms with van der Waals surface area (Å²) in [6.45, 7) is 5.90. The number of aryl methyl sites for hydroxylation is 1. The summed E-state index contributed by atoms with van der Waals surface area (Å²) in [5, 5.41) is 3.69. The van der Waals surface area contributed by atoms with Gasteiger partial charge in [0.25, 0.3) is 0 Å². The van der Waals surface area contributed by atoms with E-state index in [0.717, 1.165) is 5.56 Å². The van der Waals surface area contributed by atoms with E-state index in [9.17, 15) is 0 Å². The molecule has 0 aromatic carbocycles. The average molecular weight is 206 g/mol. The van der Waals surface area contributed by atoms with Crippen molar-refractivity contribution in [2.75, 3.05) is 5.73 Å². The lowest BCUT2D eigenvalue weighted by molar-refractivity contribution is 0.418. The van der Waals surface area contributed by atoms with Crippen molar-refractivity contribution in [1.29, 1.82) is 0 Å². The molecule has 2 aromatic heterocycles. The second-order valence-electron chi connectivity index (χ2n) is 2.69. The lowest BCUT2D eigenvalue weighted by Crippen LogP contribution is -1.93. The second-order valence-corrected chi connectivity index (χ2v) is 2.69. The zero-order chi connectivity index (χ0) is 11.3. The van der Waals surface area contributed by atoms with Crippen LogP contribution in [0.1, 0.15) is 19.4 Å². The van der Waals surface area contributed by atoms with Crippen LogP contribution in [0.3, 0.4) is 0 Å². The molecule has 0 saturated heterocycles. The fourth-order valence-corrected chi connectivity index (χ4v) is 1.11. The Kier molecular flexibility index (Phi) is 3.79. The highest BCUT2D eigenvalue weighted by Crippen LogP contribution is 2.17. The van der Waals surface area contributed by atoms with Crippen molar-refractivity contribution in [3.05, 3.63) is 24.2 Å². The first-order chi connectivity index (χ1) is 7.27. The predicted octanol–water partition coefficient (Wildman–Crippen LogP) is 2.05. The van der Waals surface area contributed by atoms with Gasteiger partial charge < -0.3 is 10.3 Å². The van der Waals surface area contributed by atoms with Gasteiger partial charge in [-0.1, -0.05) is 19.0 Å². The van der Waals surface area contributed by atoms with Gasteiger partial charge in [-0.25, -0.2) is 0 Å². The van der Waals surface area contributed by atoms with Gasteiger partial charge in [-0.05, 0) is 18.6 Å². The third-order valence-electron chi connectivity index (χ3n) is 1.67. The highest BCUT2D eigenvalue weighted by molar-refractivity contribution is 5.57. The third kappa shape index (κ3) is 2.52. The Balaban J connectivity index is 0.000000531. The summed E-state index contributed by atoms with van der Waals surface area (Å²) in [7, 11) is 0. The van der Waals surface area contributed by atoms with Crippen molar-refractivity contribution < 1.29 is 4.52 Å². The second kappa shape index (κ2) is 5.09. The van der Waals surface area contributed by atoms with Gasteiger partial charge in [0.15, 0.2) is 0 Å². The van der Waals surface area contributed by atoms with Crippen molar-refractivity contribution >= 4 is 5.69 Å². The molecular weight excluding hydrogens is 192 g/mol. The first-order valence-electron chi connectivity index (χ1n) is 4.76. The Labute approximate surface area is 88.3 Å². The molecule has 2 aromatic rings. The first-order valence-corrected chi connectivity index (χ1v) is 4.76. The summed E-state index contributed by atoms with van der Waals surface area (Å²) in [6, 6.07) is 1.82. The maximum absolute atomic E-state index is 5.55. The molecule has 0 aliphatic rings. The van der Waals surface area contributed by atoms with E-state index < -0.39 is 0 Å². The van der Waals surface area contributed by atoms with Crippen LogP contribution in [-0.4, -0.2) is 15.1 Å². The van der Waals surface area contributed by atoms with Crippen molar-refractivity contribution in [2.24, 2.45) is 0 Å². The van der Waals surface area contributed by atoms with Crippen molar-refractivity contribution in [3.8, 4) is 11.5 Å². The SMILES string of the molecule is CC.Cc1cc(N)cnc1-c1ncon1. The Hall–Kier alpha value is -1.91. The van der Waals surface area contributed by atoms with Crippen molar-refractivity contribution in [1.82, 2.24) is 15.1 Å². The number of hydrogen-bond donors (Lipinski definition) is 1. The summed E-state index contributed by atoms with van der Waals surface area (Å²) in [5.41, 5.74) is 7.81. The van der Waals surface area contributed by atoms with E-state index in [0.29, 0.717) is 17.2 Å². The van der Waals surface area contributed by atoms with E-state index in [2.05, 4.69) is 19.6 Å². The molecule has 5 heteroatoms. The first kappa shape index (κ1) is 11.2. The fourth-order valence-electron chi connectivity index (χ4n) is 1.11. The minimum Gasteiger partial charge on any atom is -0.397 e. The normalized spacial score (nSPS) is 9.27. The number of anilines is 1. The number of pyridine rings is 1. The molecule has 15 heavy (non-hydrogen) atoms. The lowest BCUT2D eigenvalue weighted by Gasteiger charge is -1.99. The smallest absolute Gasteiger partial charge is 0.221 e. The Bertz CT molecular complexity index is 411. The minimum absolute atomic E-state index is 0.484. The van der Waals surface area contributed by atoms with Gasteiger partial charge in [-0.3, -0.25) is 4.98 Å². The number of hydrogen-bond acceptors (Lipinski definition) is 5. The Morgan fingerprint density at radius 1 is 1.27 bits per heavy atom. The van der Waals surface area contributed by atoms with E-state index in [1.807, 2.05) is 26.8 Å². The van der Waals surface area contributed by atoms with Crippen LogP contribution < -0.4 is 5.73 Å². The predicted molar refractivity (Wildman–Crippen MR) is 58.0 cm³/mol. The summed E-state index contributed by atoms with van der Waals surface area (Å²) < 4.78 is 4.62. The summed E-state index contributed by atoms with van der Waals surface area (Å²) in [4.78, 5) is 8.01. The molecular formula is C10H14N4O. The monoisotopic (exact) mass is 206 g/mol. The van der Waals surface area contributed by atoms with Crippen LogP contribution in [-0.2, 0) is 0 Å². The molecule has 0 radical (unpaired) electrons. The van der Waals surface area contributed by atoms with Crippen LogP contribution in [0.25, 0.3) is 11.5 Å². The standard InChI is InChI=1S/C8H8N4O.C2H6/c1-5-2-6(9)3-10-7(5)8-11-4-13-12-8;1-2/h2-4H,9H2,1H3;1-2H3. The van der Waals surface area contributed by atoms with Crippen molar-refractivity contribution in [2.45, 2.75) is 20.8 Å². The fraction of sp³-hybridized carbons (Fsp3) is 0.300. The lowest BCUT2D eigenvalue weighted by atomic mass is 10.2. The van der Waals surface area contributed by atoms with Crippen LogP contribution in [0, 0.1) is 6.92 Å². The van der Waals surface area contributed by atoms with Gasteiger partial charge in [0, 0.05) is 0 Å². The van der Waals surface area contributed by atoms with Gasteiger partial charge in [0.05, 0.1) is 11.9 Å². The summed E-state index contributed by atoms with van der Waals surface area (Å²) >= 11 is 0. The van der Waals surface area contributed by atoms with Crippen LogP contribution >= 0.6 is 0 Å². The molecule has 2 N–H and O–H groups in total. The molecule has 0 aliphatic heterocycles.